The molecule has 0 radical (unpaired) electrons. The highest BCUT2D eigenvalue weighted by Gasteiger charge is 2.25. The Labute approximate surface area is 162 Å². The van der Waals surface area contributed by atoms with Gasteiger partial charge in [-0.1, -0.05) is 6.07 Å². The number of aliphatic hydroxyl groups is 1. The predicted octanol–water partition coefficient (Wildman–Crippen LogP) is 3.29. The highest BCUT2D eigenvalue weighted by molar-refractivity contribution is 7.07. The van der Waals surface area contributed by atoms with E-state index in [0.717, 1.165) is 43.7 Å². The molecule has 0 spiro atoms. The van der Waals surface area contributed by atoms with Gasteiger partial charge >= 0.3 is 5.97 Å². The molecule has 0 amide bonds. The van der Waals surface area contributed by atoms with E-state index in [2.05, 4.69) is 9.88 Å². The first-order valence-corrected chi connectivity index (χ1v) is 10.2. The molecular weight excluding hydrogens is 367 g/mol. The SMILES string of the molecule is O=C(O)CC(Cc1cscn1)CN1CCC(c2ccc(F)cc2CO)CC1. The predicted molar refractivity (Wildman–Crippen MR) is 102 cm³/mol. The molecule has 2 N–H and O–H groups in total. The molecule has 0 aliphatic carbocycles. The number of carbonyl (C=O) groups is 1. The Bertz CT molecular complexity index is 746. The molecule has 1 aromatic heterocycles. The topological polar surface area (TPSA) is 73.7 Å². The normalized spacial score (nSPS) is 17.1. The molecule has 27 heavy (non-hydrogen) atoms. The van der Waals surface area contributed by atoms with E-state index >= 15 is 0 Å². The van der Waals surface area contributed by atoms with Crippen molar-refractivity contribution >= 4 is 17.3 Å². The molecule has 2 aromatic rings. The largest absolute Gasteiger partial charge is 0.481 e. The summed E-state index contributed by atoms with van der Waals surface area (Å²) in [5.74, 6) is -0.747. The molecule has 2 heterocycles. The molecule has 3 rings (SSSR count). The molecule has 5 nitrogen and oxygen atoms in total. The van der Waals surface area contributed by atoms with Gasteiger partial charge in [0.05, 0.1) is 17.8 Å². The highest BCUT2D eigenvalue weighted by atomic mass is 32.1. The molecule has 1 aromatic carbocycles. The number of benzene rings is 1. The van der Waals surface area contributed by atoms with Crippen molar-refractivity contribution in [2.75, 3.05) is 19.6 Å². The van der Waals surface area contributed by atoms with Crippen LogP contribution in [-0.2, 0) is 17.8 Å². The zero-order valence-corrected chi connectivity index (χ0v) is 16.0. The molecule has 0 saturated carbocycles. The average molecular weight is 392 g/mol. The number of rotatable bonds is 8. The maximum atomic E-state index is 13.4. The van der Waals surface area contributed by atoms with Gasteiger partial charge in [-0.15, -0.1) is 11.3 Å². The number of thiazole rings is 1. The van der Waals surface area contributed by atoms with Crippen molar-refractivity contribution in [3.63, 3.8) is 0 Å². The van der Waals surface area contributed by atoms with Gasteiger partial charge in [0, 0.05) is 18.3 Å². The summed E-state index contributed by atoms with van der Waals surface area (Å²) in [5, 5.41) is 20.7. The quantitative estimate of drug-likeness (QED) is 0.721. The number of aromatic nitrogens is 1. The smallest absolute Gasteiger partial charge is 0.303 e. The van der Waals surface area contributed by atoms with Crippen molar-refractivity contribution in [1.29, 1.82) is 0 Å². The lowest BCUT2D eigenvalue weighted by Crippen LogP contribution is -2.37. The maximum absolute atomic E-state index is 13.4. The lowest BCUT2D eigenvalue weighted by atomic mass is 9.86. The maximum Gasteiger partial charge on any atom is 0.303 e. The first kappa shape index (κ1) is 19.9. The van der Waals surface area contributed by atoms with Crippen LogP contribution in [0, 0.1) is 11.7 Å². The van der Waals surface area contributed by atoms with Crippen molar-refractivity contribution in [1.82, 2.24) is 9.88 Å². The summed E-state index contributed by atoms with van der Waals surface area (Å²) in [6.45, 7) is 2.34. The fourth-order valence-electron chi connectivity index (χ4n) is 3.98. The minimum atomic E-state index is -0.774. The summed E-state index contributed by atoms with van der Waals surface area (Å²) >= 11 is 1.53. The first-order chi connectivity index (χ1) is 13.0. The van der Waals surface area contributed by atoms with E-state index in [9.17, 15) is 19.4 Å². The van der Waals surface area contributed by atoms with E-state index in [1.807, 2.05) is 5.38 Å². The van der Waals surface area contributed by atoms with Crippen LogP contribution in [0.25, 0.3) is 0 Å². The van der Waals surface area contributed by atoms with Gasteiger partial charge in [-0.3, -0.25) is 4.79 Å². The number of hydrogen-bond donors (Lipinski definition) is 2. The lowest BCUT2D eigenvalue weighted by molar-refractivity contribution is -0.138. The third-order valence-corrected chi connectivity index (χ3v) is 5.90. The van der Waals surface area contributed by atoms with Gasteiger partial charge in [0.2, 0.25) is 0 Å². The van der Waals surface area contributed by atoms with E-state index in [4.69, 9.17) is 0 Å². The van der Waals surface area contributed by atoms with Gasteiger partial charge in [0.25, 0.3) is 0 Å². The molecule has 1 aliphatic heterocycles. The van der Waals surface area contributed by atoms with E-state index < -0.39 is 5.97 Å². The number of piperidine rings is 1. The van der Waals surface area contributed by atoms with Gasteiger partial charge in [0.1, 0.15) is 5.82 Å². The molecule has 146 valence electrons. The van der Waals surface area contributed by atoms with E-state index in [1.165, 1.54) is 23.5 Å². The minimum absolute atomic E-state index is 0.0416. The van der Waals surface area contributed by atoms with Crippen LogP contribution in [0.15, 0.2) is 29.1 Å². The summed E-state index contributed by atoms with van der Waals surface area (Å²) in [7, 11) is 0. The first-order valence-electron chi connectivity index (χ1n) is 9.25. The molecule has 7 heteroatoms. The van der Waals surface area contributed by atoms with Crippen LogP contribution in [0.1, 0.15) is 42.0 Å². The Kier molecular flexibility index (Phi) is 6.93. The fourth-order valence-corrected chi connectivity index (χ4v) is 4.55. The Hall–Kier alpha value is -1.83. The highest BCUT2D eigenvalue weighted by Crippen LogP contribution is 2.31. The molecule has 1 fully saturated rings. The van der Waals surface area contributed by atoms with E-state index in [0.29, 0.717) is 17.9 Å². The van der Waals surface area contributed by atoms with Crippen molar-refractivity contribution in [2.45, 2.75) is 38.2 Å². The molecular formula is C20H25FN2O3S. The van der Waals surface area contributed by atoms with Crippen LogP contribution in [0.3, 0.4) is 0 Å². The molecule has 1 atom stereocenters. The minimum Gasteiger partial charge on any atom is -0.481 e. The third-order valence-electron chi connectivity index (χ3n) is 5.26. The van der Waals surface area contributed by atoms with E-state index in [-0.39, 0.29) is 24.8 Å². The second kappa shape index (κ2) is 9.39. The number of halogens is 1. The summed E-state index contributed by atoms with van der Waals surface area (Å²) in [6.07, 6.45) is 2.68. The van der Waals surface area contributed by atoms with Crippen LogP contribution < -0.4 is 0 Å². The van der Waals surface area contributed by atoms with Crippen molar-refractivity contribution in [3.8, 4) is 0 Å². The summed E-state index contributed by atoms with van der Waals surface area (Å²) in [6, 6.07) is 4.66. The monoisotopic (exact) mass is 392 g/mol. The van der Waals surface area contributed by atoms with Crippen LogP contribution in [0.5, 0.6) is 0 Å². The van der Waals surface area contributed by atoms with E-state index in [1.54, 1.807) is 11.6 Å². The zero-order valence-electron chi connectivity index (χ0n) is 15.2. The summed E-state index contributed by atoms with van der Waals surface area (Å²) in [5.41, 5.74) is 4.43. The van der Waals surface area contributed by atoms with Crippen LogP contribution >= 0.6 is 11.3 Å². The molecule has 1 aliphatic rings. The summed E-state index contributed by atoms with van der Waals surface area (Å²) < 4.78 is 13.4. The van der Waals surface area contributed by atoms with Gasteiger partial charge in [-0.25, -0.2) is 9.37 Å². The van der Waals surface area contributed by atoms with Gasteiger partial charge < -0.3 is 15.1 Å². The van der Waals surface area contributed by atoms with Gasteiger partial charge in [-0.2, -0.15) is 0 Å². The molecule has 0 bridgehead atoms. The van der Waals surface area contributed by atoms with Crippen molar-refractivity contribution in [3.05, 3.63) is 51.7 Å². The number of likely N-dealkylation sites (tertiary alicyclic amines) is 1. The molecule has 1 unspecified atom stereocenters. The third kappa shape index (κ3) is 5.57. The Morgan fingerprint density at radius 3 is 2.78 bits per heavy atom. The zero-order chi connectivity index (χ0) is 19.2. The van der Waals surface area contributed by atoms with Crippen molar-refractivity contribution in [2.24, 2.45) is 5.92 Å². The lowest BCUT2D eigenvalue weighted by Gasteiger charge is -2.34. The fraction of sp³-hybridized carbons (Fsp3) is 0.500. The number of carboxylic acid groups (broad SMARTS) is 1. The number of nitrogens with zero attached hydrogens (tertiary/aromatic N) is 2. The van der Waals surface area contributed by atoms with Gasteiger partial charge in [0.15, 0.2) is 0 Å². The Balaban J connectivity index is 1.58. The second-order valence-electron chi connectivity index (χ2n) is 7.22. The van der Waals surface area contributed by atoms with Crippen molar-refractivity contribution < 1.29 is 19.4 Å². The molecule has 1 saturated heterocycles. The Morgan fingerprint density at radius 2 is 2.15 bits per heavy atom. The Morgan fingerprint density at radius 1 is 1.37 bits per heavy atom. The van der Waals surface area contributed by atoms with Crippen LogP contribution in [0.4, 0.5) is 4.39 Å². The summed E-state index contributed by atoms with van der Waals surface area (Å²) in [4.78, 5) is 17.8. The number of aliphatic carboxylic acids is 1. The number of aliphatic hydroxyl groups excluding tert-OH is 1. The van der Waals surface area contributed by atoms with Crippen LogP contribution in [-0.4, -0.2) is 45.7 Å². The van der Waals surface area contributed by atoms with Gasteiger partial charge in [-0.05, 0) is 67.4 Å². The number of hydrogen-bond acceptors (Lipinski definition) is 5. The number of carboxylic acids is 1. The second-order valence-corrected chi connectivity index (χ2v) is 7.94. The standard InChI is InChI=1S/C20H25FN2O3S/c21-17-1-2-19(16(9-17)11-24)15-3-5-23(6-4-15)10-14(8-20(25)26)7-18-12-27-13-22-18/h1-2,9,12-15,24H,3-8,10-11H2,(H,25,26). The van der Waals surface area contributed by atoms with Crippen LogP contribution in [0.2, 0.25) is 0 Å². The average Bonchev–Trinajstić information content (AvgIpc) is 3.15.